The van der Waals surface area contributed by atoms with Crippen molar-refractivity contribution in [3.05, 3.63) is 0 Å². The van der Waals surface area contributed by atoms with Crippen molar-refractivity contribution in [2.45, 2.75) is 32.7 Å². The van der Waals surface area contributed by atoms with Gasteiger partial charge in [0.1, 0.15) is 6.04 Å². The van der Waals surface area contributed by atoms with Crippen LogP contribution >= 0.6 is 0 Å². The summed E-state index contributed by atoms with van der Waals surface area (Å²) in [6.45, 7) is 3.27. The Morgan fingerprint density at radius 3 is 2.33 bits per heavy atom. The molecule has 0 spiro atoms. The van der Waals surface area contributed by atoms with E-state index >= 15 is 0 Å². The molecule has 7 heteroatoms. The van der Waals surface area contributed by atoms with Crippen LogP contribution in [0.3, 0.4) is 0 Å². The Morgan fingerprint density at radius 1 is 1.39 bits per heavy atom. The second kappa shape index (κ2) is 5.24. The Balaban J connectivity index is 2.41. The zero-order chi connectivity index (χ0) is 13.9. The number of amides is 3. The Labute approximate surface area is 105 Å². The summed E-state index contributed by atoms with van der Waals surface area (Å²) in [5.74, 6) is -1.56. The molecule has 1 aliphatic rings. The number of aliphatic carboxylic acids is 1. The number of nitrogens with two attached hydrogens (primary N) is 1. The highest BCUT2D eigenvalue weighted by Crippen LogP contribution is 2.32. The van der Waals surface area contributed by atoms with Gasteiger partial charge in [-0.3, -0.25) is 4.79 Å². The van der Waals surface area contributed by atoms with Gasteiger partial charge in [0.25, 0.3) is 0 Å². The fraction of sp³-hybridized carbons (Fsp3) is 0.727. The van der Waals surface area contributed by atoms with E-state index in [1.165, 1.54) is 0 Å². The molecule has 0 saturated heterocycles. The van der Waals surface area contributed by atoms with Crippen LogP contribution in [0.4, 0.5) is 4.79 Å². The third-order valence-electron chi connectivity index (χ3n) is 3.00. The molecule has 5 N–H and O–H groups in total. The molecule has 0 radical (unpaired) electrons. The Bertz CT molecular complexity index is 363. The molecule has 0 aromatic rings. The summed E-state index contributed by atoms with van der Waals surface area (Å²) in [5, 5.41) is 13.8. The van der Waals surface area contributed by atoms with Crippen molar-refractivity contribution in [1.29, 1.82) is 0 Å². The fourth-order valence-corrected chi connectivity index (χ4v) is 1.39. The number of carboxylic acids is 1. The van der Waals surface area contributed by atoms with Crippen LogP contribution in [-0.2, 0) is 9.59 Å². The Hall–Kier alpha value is -1.79. The van der Waals surface area contributed by atoms with Gasteiger partial charge in [0.05, 0.1) is 5.41 Å². The summed E-state index contributed by atoms with van der Waals surface area (Å²) in [4.78, 5) is 33.5. The van der Waals surface area contributed by atoms with Gasteiger partial charge < -0.3 is 21.5 Å². The van der Waals surface area contributed by atoms with Crippen LogP contribution in [0.25, 0.3) is 0 Å². The summed E-state index contributed by atoms with van der Waals surface area (Å²) < 4.78 is 0. The van der Waals surface area contributed by atoms with Crippen LogP contribution in [0, 0.1) is 11.3 Å². The lowest BCUT2D eigenvalue weighted by Crippen LogP contribution is -2.50. The van der Waals surface area contributed by atoms with E-state index in [2.05, 4.69) is 10.6 Å². The van der Waals surface area contributed by atoms with Crippen molar-refractivity contribution in [3.8, 4) is 0 Å². The number of carboxylic acid groups (broad SMARTS) is 1. The maximum atomic E-state index is 11.5. The van der Waals surface area contributed by atoms with E-state index in [-0.39, 0.29) is 12.5 Å². The van der Waals surface area contributed by atoms with Crippen molar-refractivity contribution in [1.82, 2.24) is 10.6 Å². The molecule has 1 atom stereocenters. The topological polar surface area (TPSA) is 122 Å². The number of carbonyl (C=O) groups is 3. The monoisotopic (exact) mass is 257 g/mol. The number of nitrogens with one attached hydrogen (secondary N) is 2. The predicted molar refractivity (Wildman–Crippen MR) is 63.7 cm³/mol. The highest BCUT2D eigenvalue weighted by molar-refractivity contribution is 5.84. The largest absolute Gasteiger partial charge is 0.480 e. The lowest BCUT2D eigenvalue weighted by atomic mass is 9.93. The van der Waals surface area contributed by atoms with Gasteiger partial charge in [-0.2, -0.15) is 0 Å². The molecule has 1 aliphatic carbocycles. The molecule has 7 nitrogen and oxygen atoms in total. The van der Waals surface area contributed by atoms with Gasteiger partial charge >= 0.3 is 12.0 Å². The maximum Gasteiger partial charge on any atom is 0.326 e. The highest BCUT2D eigenvalue weighted by atomic mass is 16.4. The van der Waals surface area contributed by atoms with E-state index in [1.54, 1.807) is 13.8 Å². The van der Waals surface area contributed by atoms with Gasteiger partial charge in [-0.15, -0.1) is 0 Å². The van der Waals surface area contributed by atoms with Crippen molar-refractivity contribution in [2.75, 3.05) is 6.54 Å². The molecule has 3 amide bonds. The number of urea groups is 1. The molecule has 1 unspecified atom stereocenters. The lowest BCUT2D eigenvalue weighted by Gasteiger charge is -2.22. The van der Waals surface area contributed by atoms with Crippen LogP contribution in [-0.4, -0.2) is 35.6 Å². The lowest BCUT2D eigenvalue weighted by molar-refractivity contribution is -0.139. The van der Waals surface area contributed by atoms with Gasteiger partial charge in [-0.25, -0.2) is 9.59 Å². The van der Waals surface area contributed by atoms with Crippen LogP contribution in [0.15, 0.2) is 0 Å². The third kappa shape index (κ3) is 3.90. The van der Waals surface area contributed by atoms with E-state index in [1.807, 2.05) is 0 Å². The molecule has 18 heavy (non-hydrogen) atoms. The van der Waals surface area contributed by atoms with Crippen molar-refractivity contribution >= 4 is 17.9 Å². The van der Waals surface area contributed by atoms with Gasteiger partial charge in [-0.05, 0) is 32.6 Å². The molecular weight excluding hydrogens is 238 g/mol. The molecule has 1 saturated carbocycles. The van der Waals surface area contributed by atoms with Gasteiger partial charge in [0, 0.05) is 6.54 Å². The summed E-state index contributed by atoms with van der Waals surface area (Å²) in [6, 6.07) is -1.45. The van der Waals surface area contributed by atoms with Crippen LogP contribution in [0.1, 0.15) is 26.7 Å². The number of hydrogen-bond donors (Lipinski definition) is 4. The van der Waals surface area contributed by atoms with Crippen LogP contribution in [0.2, 0.25) is 0 Å². The summed E-state index contributed by atoms with van der Waals surface area (Å²) in [6.07, 6.45) is 1.62. The minimum Gasteiger partial charge on any atom is -0.480 e. The number of rotatable bonds is 6. The van der Waals surface area contributed by atoms with Crippen molar-refractivity contribution < 1.29 is 19.5 Å². The molecule has 102 valence electrons. The van der Waals surface area contributed by atoms with E-state index in [0.717, 1.165) is 12.8 Å². The first-order valence-electron chi connectivity index (χ1n) is 5.81. The molecule has 1 rings (SSSR count). The average molecular weight is 257 g/mol. The minimum absolute atomic E-state index is 0.0115. The van der Waals surface area contributed by atoms with Crippen molar-refractivity contribution in [2.24, 2.45) is 17.1 Å². The molecular formula is C11H19N3O4. The van der Waals surface area contributed by atoms with Crippen molar-refractivity contribution in [3.63, 3.8) is 0 Å². The van der Waals surface area contributed by atoms with E-state index < -0.39 is 29.4 Å². The van der Waals surface area contributed by atoms with E-state index in [4.69, 9.17) is 10.8 Å². The maximum absolute atomic E-state index is 11.5. The average Bonchev–Trinajstić information content (AvgIpc) is 3.06. The minimum atomic E-state index is -1.04. The Morgan fingerprint density at radius 2 is 1.94 bits per heavy atom. The summed E-state index contributed by atoms with van der Waals surface area (Å²) >= 11 is 0. The first-order chi connectivity index (χ1) is 8.24. The first kappa shape index (κ1) is 14.3. The Kier molecular flexibility index (Phi) is 4.15. The second-order valence-electron chi connectivity index (χ2n) is 5.23. The van der Waals surface area contributed by atoms with Gasteiger partial charge in [0.2, 0.25) is 5.91 Å². The molecule has 0 aromatic heterocycles. The molecule has 0 aromatic carbocycles. The van der Waals surface area contributed by atoms with E-state index in [9.17, 15) is 14.4 Å². The molecule has 0 heterocycles. The third-order valence-corrected chi connectivity index (χ3v) is 3.00. The molecule has 0 aliphatic heterocycles. The van der Waals surface area contributed by atoms with Gasteiger partial charge in [0.15, 0.2) is 0 Å². The standard InChI is InChI=1S/C11H19N3O4/c1-11(2,9(12)17)5-13-10(18)14-7(8(15)16)6-3-4-6/h6-7H,3-5H2,1-2H3,(H2,12,17)(H,15,16)(H2,13,14,18). The normalized spacial score (nSPS) is 16.8. The molecule has 1 fully saturated rings. The second-order valence-corrected chi connectivity index (χ2v) is 5.23. The summed E-state index contributed by atoms with van der Waals surface area (Å²) in [5.41, 5.74) is 4.29. The first-order valence-corrected chi connectivity index (χ1v) is 5.81. The predicted octanol–water partition coefficient (Wildman–Crippen LogP) is -0.340. The van der Waals surface area contributed by atoms with Crippen LogP contribution < -0.4 is 16.4 Å². The quantitative estimate of drug-likeness (QED) is 0.520. The number of primary amides is 1. The smallest absolute Gasteiger partial charge is 0.326 e. The number of carbonyl (C=O) groups excluding carboxylic acids is 2. The SMILES string of the molecule is CC(C)(CNC(=O)NC(C(=O)O)C1CC1)C(N)=O. The molecule has 0 bridgehead atoms. The highest BCUT2D eigenvalue weighted by Gasteiger charge is 2.37. The zero-order valence-electron chi connectivity index (χ0n) is 10.5. The van der Waals surface area contributed by atoms with Gasteiger partial charge in [-0.1, -0.05) is 0 Å². The van der Waals surface area contributed by atoms with E-state index in [0.29, 0.717) is 0 Å². The number of hydrogen-bond acceptors (Lipinski definition) is 3. The summed E-state index contributed by atoms with van der Waals surface area (Å²) in [7, 11) is 0. The zero-order valence-corrected chi connectivity index (χ0v) is 10.5. The fourth-order valence-electron chi connectivity index (χ4n) is 1.39. The van der Waals surface area contributed by atoms with Crippen LogP contribution in [0.5, 0.6) is 0 Å².